The Morgan fingerprint density at radius 3 is 2.53 bits per heavy atom. The smallest absolute Gasteiger partial charge is 0.222 e. The van der Waals surface area contributed by atoms with E-state index in [-0.39, 0.29) is 5.91 Å². The predicted octanol–water partition coefficient (Wildman–Crippen LogP) is 1.12. The maximum atomic E-state index is 11.8. The Bertz CT molecular complexity index is 250. The highest BCUT2D eigenvalue weighted by molar-refractivity contribution is 5.77. The second-order valence-corrected chi connectivity index (χ2v) is 5.22. The third-order valence-corrected chi connectivity index (χ3v) is 3.90. The van der Waals surface area contributed by atoms with Crippen molar-refractivity contribution in [3.8, 4) is 0 Å². The summed E-state index contributed by atoms with van der Waals surface area (Å²) in [4.78, 5) is 13.6. The summed E-state index contributed by atoms with van der Waals surface area (Å²) >= 11 is 0. The number of carbonyl (C=O) groups is 1. The molecule has 1 aliphatic heterocycles. The minimum Gasteiger partial charge on any atom is -0.386 e. The molecule has 0 radical (unpaired) electrons. The molecule has 0 aromatic carbocycles. The molecule has 1 saturated heterocycles. The van der Waals surface area contributed by atoms with Crippen LogP contribution in [0, 0.1) is 5.92 Å². The Morgan fingerprint density at radius 1 is 1.41 bits per heavy atom. The van der Waals surface area contributed by atoms with Crippen LogP contribution in [0.3, 0.4) is 0 Å². The van der Waals surface area contributed by atoms with Crippen LogP contribution in [-0.4, -0.2) is 41.1 Å². The molecule has 0 aliphatic carbocycles. The normalized spacial score (nSPS) is 19.9. The first kappa shape index (κ1) is 14.5. The minimum atomic E-state index is -0.614. The van der Waals surface area contributed by atoms with Gasteiger partial charge in [-0.1, -0.05) is 20.3 Å². The molecule has 1 unspecified atom stereocenters. The number of rotatable bonds is 7. The van der Waals surface area contributed by atoms with Crippen LogP contribution < -0.4 is 5.73 Å². The average molecular weight is 242 g/mol. The van der Waals surface area contributed by atoms with Gasteiger partial charge in [-0.25, -0.2) is 0 Å². The van der Waals surface area contributed by atoms with Crippen LogP contribution in [0.4, 0.5) is 0 Å². The van der Waals surface area contributed by atoms with E-state index in [1.54, 1.807) is 4.90 Å². The Balaban J connectivity index is 2.22. The molecule has 0 spiro atoms. The summed E-state index contributed by atoms with van der Waals surface area (Å²) < 4.78 is 0. The van der Waals surface area contributed by atoms with Crippen molar-refractivity contribution >= 4 is 5.91 Å². The van der Waals surface area contributed by atoms with E-state index in [1.165, 1.54) is 0 Å². The Hall–Kier alpha value is -0.610. The molecule has 0 aromatic heterocycles. The molecule has 4 heteroatoms. The van der Waals surface area contributed by atoms with Crippen molar-refractivity contribution in [2.75, 3.05) is 19.6 Å². The largest absolute Gasteiger partial charge is 0.386 e. The summed E-state index contributed by atoms with van der Waals surface area (Å²) in [5.41, 5.74) is 4.92. The molecule has 4 nitrogen and oxygen atoms in total. The van der Waals surface area contributed by atoms with Gasteiger partial charge in [0.15, 0.2) is 0 Å². The molecule has 1 fully saturated rings. The van der Waals surface area contributed by atoms with E-state index in [2.05, 4.69) is 6.92 Å². The van der Waals surface area contributed by atoms with Crippen molar-refractivity contribution in [1.82, 2.24) is 4.90 Å². The molecule has 0 aromatic rings. The van der Waals surface area contributed by atoms with Gasteiger partial charge in [-0.15, -0.1) is 0 Å². The van der Waals surface area contributed by atoms with Gasteiger partial charge in [-0.05, 0) is 31.7 Å². The summed E-state index contributed by atoms with van der Waals surface area (Å²) in [5, 5.41) is 9.84. The molecule has 1 rings (SSSR count). The highest BCUT2D eigenvalue weighted by atomic mass is 16.3. The molecule has 1 amide bonds. The van der Waals surface area contributed by atoms with E-state index in [1.807, 2.05) is 6.92 Å². The molecule has 1 aliphatic rings. The molecule has 3 N–H and O–H groups in total. The van der Waals surface area contributed by atoms with Crippen molar-refractivity contribution in [2.24, 2.45) is 11.7 Å². The number of amides is 1. The number of aliphatic hydroxyl groups is 1. The zero-order valence-corrected chi connectivity index (χ0v) is 11.1. The molecule has 1 heterocycles. The van der Waals surface area contributed by atoms with E-state index in [0.29, 0.717) is 32.0 Å². The average Bonchev–Trinajstić information content (AvgIpc) is 2.30. The summed E-state index contributed by atoms with van der Waals surface area (Å²) in [6.07, 6.45) is 4.33. The summed E-state index contributed by atoms with van der Waals surface area (Å²) in [5.74, 6) is 0.744. The van der Waals surface area contributed by atoms with Gasteiger partial charge in [0.25, 0.3) is 0 Å². The number of nitrogens with two attached hydrogens (primary N) is 1. The van der Waals surface area contributed by atoms with Crippen LogP contribution >= 0.6 is 0 Å². The minimum absolute atomic E-state index is 0.179. The predicted molar refractivity (Wildman–Crippen MR) is 68.5 cm³/mol. The van der Waals surface area contributed by atoms with Gasteiger partial charge in [0.2, 0.25) is 5.91 Å². The maximum absolute atomic E-state index is 11.8. The van der Waals surface area contributed by atoms with Crippen LogP contribution in [0.2, 0.25) is 0 Å². The third-order valence-electron chi connectivity index (χ3n) is 3.90. The van der Waals surface area contributed by atoms with Crippen molar-refractivity contribution in [3.05, 3.63) is 0 Å². The SMILES string of the molecule is CCC(CCN)CCC(=O)N1CC(O)(CC)C1. The lowest BCUT2D eigenvalue weighted by Gasteiger charge is -2.46. The second-order valence-electron chi connectivity index (χ2n) is 5.22. The molecule has 0 saturated carbocycles. The quantitative estimate of drug-likeness (QED) is 0.703. The summed E-state index contributed by atoms with van der Waals surface area (Å²) in [6.45, 7) is 5.82. The molecule has 17 heavy (non-hydrogen) atoms. The molecular formula is C13H26N2O2. The first-order chi connectivity index (χ1) is 8.04. The van der Waals surface area contributed by atoms with Gasteiger partial charge in [-0.2, -0.15) is 0 Å². The molecule has 100 valence electrons. The lowest BCUT2D eigenvalue weighted by Crippen LogP contribution is -2.63. The fraction of sp³-hybridized carbons (Fsp3) is 0.923. The first-order valence-corrected chi connectivity index (χ1v) is 6.75. The number of β-amino-alcohol motifs (C(OH)–C–C–N with tert-alkyl or cyclic N) is 1. The number of hydrogen-bond donors (Lipinski definition) is 2. The zero-order valence-electron chi connectivity index (χ0n) is 11.1. The van der Waals surface area contributed by atoms with Crippen LogP contribution in [-0.2, 0) is 4.79 Å². The van der Waals surface area contributed by atoms with E-state index in [9.17, 15) is 9.90 Å². The number of nitrogens with zero attached hydrogens (tertiary/aromatic N) is 1. The molecule has 0 bridgehead atoms. The zero-order chi connectivity index (χ0) is 12.9. The van der Waals surface area contributed by atoms with E-state index in [0.717, 1.165) is 25.7 Å². The number of likely N-dealkylation sites (tertiary alicyclic amines) is 1. The van der Waals surface area contributed by atoms with Crippen LogP contribution in [0.15, 0.2) is 0 Å². The first-order valence-electron chi connectivity index (χ1n) is 6.75. The van der Waals surface area contributed by atoms with Gasteiger partial charge in [0.05, 0.1) is 18.7 Å². The summed E-state index contributed by atoms with van der Waals surface area (Å²) in [6, 6.07) is 0. The van der Waals surface area contributed by atoms with Crippen LogP contribution in [0.5, 0.6) is 0 Å². The van der Waals surface area contributed by atoms with Crippen molar-refractivity contribution < 1.29 is 9.90 Å². The van der Waals surface area contributed by atoms with E-state index < -0.39 is 5.60 Å². The summed E-state index contributed by atoms with van der Waals surface area (Å²) in [7, 11) is 0. The van der Waals surface area contributed by atoms with Crippen LogP contribution in [0.1, 0.15) is 46.0 Å². The molecular weight excluding hydrogens is 216 g/mol. The number of hydrogen-bond acceptors (Lipinski definition) is 3. The highest BCUT2D eigenvalue weighted by Crippen LogP contribution is 2.25. The van der Waals surface area contributed by atoms with E-state index in [4.69, 9.17) is 5.73 Å². The Kier molecular flexibility index (Phi) is 5.40. The van der Waals surface area contributed by atoms with Gasteiger partial charge in [-0.3, -0.25) is 4.79 Å². The Labute approximate surface area is 104 Å². The fourth-order valence-corrected chi connectivity index (χ4v) is 2.34. The third kappa shape index (κ3) is 3.96. The lowest BCUT2D eigenvalue weighted by molar-refractivity contribution is -0.156. The Morgan fingerprint density at radius 2 is 2.06 bits per heavy atom. The lowest BCUT2D eigenvalue weighted by atomic mass is 9.90. The van der Waals surface area contributed by atoms with Crippen molar-refractivity contribution in [3.63, 3.8) is 0 Å². The second kappa shape index (κ2) is 6.36. The molecule has 1 atom stereocenters. The highest BCUT2D eigenvalue weighted by Gasteiger charge is 2.41. The monoisotopic (exact) mass is 242 g/mol. The topological polar surface area (TPSA) is 66.6 Å². The van der Waals surface area contributed by atoms with Crippen LogP contribution in [0.25, 0.3) is 0 Å². The number of carbonyl (C=O) groups excluding carboxylic acids is 1. The van der Waals surface area contributed by atoms with Crippen molar-refractivity contribution in [2.45, 2.75) is 51.6 Å². The van der Waals surface area contributed by atoms with Gasteiger partial charge < -0.3 is 15.7 Å². The van der Waals surface area contributed by atoms with Gasteiger partial charge >= 0.3 is 0 Å². The van der Waals surface area contributed by atoms with Gasteiger partial charge in [0, 0.05) is 6.42 Å². The van der Waals surface area contributed by atoms with Gasteiger partial charge in [0.1, 0.15) is 0 Å². The fourth-order valence-electron chi connectivity index (χ4n) is 2.34. The maximum Gasteiger partial charge on any atom is 0.222 e. The van der Waals surface area contributed by atoms with Crippen molar-refractivity contribution in [1.29, 1.82) is 0 Å². The van der Waals surface area contributed by atoms with E-state index >= 15 is 0 Å². The standard InChI is InChI=1S/C13H26N2O2/c1-3-11(7-8-14)5-6-12(16)15-9-13(17,4-2)10-15/h11,17H,3-10,14H2,1-2H3.